The lowest BCUT2D eigenvalue weighted by Crippen LogP contribution is -2.30. The van der Waals surface area contributed by atoms with Crippen LogP contribution < -0.4 is 0 Å². The Morgan fingerprint density at radius 1 is 0.362 bits per heavy atom. The van der Waals surface area contributed by atoms with E-state index in [9.17, 15) is 28.9 Å². The van der Waals surface area contributed by atoms with Crippen LogP contribution >= 0.6 is 7.82 Å². The van der Waals surface area contributed by atoms with Crippen molar-refractivity contribution in [2.75, 3.05) is 26.4 Å². The van der Waals surface area contributed by atoms with Crippen LogP contribution in [0.15, 0.2) is 109 Å². The Hall–Kier alpha value is -3.86. The Balaban J connectivity index is 4.77. The highest BCUT2D eigenvalue weighted by atomic mass is 31.2. The minimum absolute atomic E-state index is 0.131. The van der Waals surface area contributed by atoms with Gasteiger partial charge in [0.25, 0.3) is 0 Å². The van der Waals surface area contributed by atoms with Crippen LogP contribution in [-0.2, 0) is 42.2 Å². The van der Waals surface area contributed by atoms with Gasteiger partial charge >= 0.3 is 25.7 Å². The number of rotatable bonds is 58. The van der Waals surface area contributed by atoms with E-state index in [-0.39, 0.29) is 25.9 Å². The fraction of sp³-hybridized carbons (Fsp3) is 0.691. The summed E-state index contributed by atoms with van der Waals surface area (Å²) in [5.41, 5.74) is 0. The van der Waals surface area contributed by atoms with Gasteiger partial charge in [0, 0.05) is 19.3 Å². The predicted molar refractivity (Wildman–Crippen MR) is 334 cm³/mol. The Bertz CT molecular complexity index is 1760. The Morgan fingerprint density at radius 2 is 0.650 bits per heavy atom. The molecule has 0 radical (unpaired) electrons. The standard InChI is InChI=1S/C68H115O11P/c1-4-7-10-13-16-19-22-25-28-31-32-35-36-39-42-45-48-51-54-57-66(70)75-61-65(79-68(72)59-56-53-50-47-44-41-38-34-30-27-24-21-18-15-12-9-6-3)63-77-80(73,74)76-62-64(60-69)78-67(71)58-55-52-49-46-43-40-37-33-29-26-23-20-17-14-11-8-5-2/h7,9-10,12,16,18-19,21,25-30,32,35,38,41,64-65,69H,4-6,8,11,13-15,17,20,22-24,31,33-34,36-37,39-40,42-63H2,1-3H3,(H,73,74)/b10-7-,12-9-,19-16-,21-18-,28-25-,29-26-,30-27-,35-32-,41-38-. The van der Waals surface area contributed by atoms with Crippen molar-refractivity contribution in [3.63, 3.8) is 0 Å². The van der Waals surface area contributed by atoms with Gasteiger partial charge in [0.1, 0.15) is 12.7 Å². The van der Waals surface area contributed by atoms with E-state index in [0.29, 0.717) is 19.3 Å². The topological polar surface area (TPSA) is 155 Å². The fourth-order valence-corrected chi connectivity index (χ4v) is 9.18. The number of carbonyl (C=O) groups excluding carboxylic acids is 3. The highest BCUT2D eigenvalue weighted by molar-refractivity contribution is 7.47. The van der Waals surface area contributed by atoms with Crippen LogP contribution in [0.2, 0.25) is 0 Å². The summed E-state index contributed by atoms with van der Waals surface area (Å²) in [5, 5.41) is 9.85. The largest absolute Gasteiger partial charge is 0.472 e. The van der Waals surface area contributed by atoms with Crippen molar-refractivity contribution < 1.29 is 52.2 Å². The SMILES string of the molecule is CC/C=C\C/C=C\C/C=C\C/C=C\CCCCCCCCC(=O)OCC(COP(=O)(O)OCC(CO)OC(=O)CCCCCCCCC/C=C\CCCCCCCC)OC(=O)CCCCCC/C=C\C/C=C\C/C=C\C/C=C\CC. The molecule has 0 spiro atoms. The Kier molecular flexibility index (Phi) is 58.3. The van der Waals surface area contributed by atoms with Gasteiger partial charge in [-0.1, -0.05) is 233 Å². The maximum atomic E-state index is 13.0. The molecule has 0 aromatic heterocycles. The van der Waals surface area contributed by atoms with Crippen LogP contribution in [0.3, 0.4) is 0 Å². The summed E-state index contributed by atoms with van der Waals surface area (Å²) in [5.74, 6) is -1.52. The molecule has 0 aliphatic carbocycles. The number of carbonyl (C=O) groups is 3. The van der Waals surface area contributed by atoms with Gasteiger partial charge in [0.05, 0.1) is 19.8 Å². The Morgan fingerprint density at radius 3 is 1.01 bits per heavy atom. The molecule has 0 saturated carbocycles. The number of hydrogen-bond donors (Lipinski definition) is 2. The third-order valence-electron chi connectivity index (χ3n) is 13.2. The third kappa shape index (κ3) is 58.8. The summed E-state index contributed by atoms with van der Waals surface area (Å²) in [6, 6.07) is 0. The molecule has 0 bridgehead atoms. The second kappa shape index (κ2) is 61.2. The van der Waals surface area contributed by atoms with E-state index in [4.69, 9.17) is 23.3 Å². The molecular formula is C68H115O11P. The first kappa shape index (κ1) is 76.1. The van der Waals surface area contributed by atoms with Crippen molar-refractivity contribution >= 4 is 25.7 Å². The molecule has 0 aromatic carbocycles. The highest BCUT2D eigenvalue weighted by Crippen LogP contribution is 2.43. The molecule has 0 fully saturated rings. The number of aliphatic hydroxyl groups excluding tert-OH is 1. The molecule has 458 valence electrons. The molecule has 12 heteroatoms. The van der Waals surface area contributed by atoms with Gasteiger partial charge in [-0.2, -0.15) is 0 Å². The number of hydrogen-bond acceptors (Lipinski definition) is 10. The van der Waals surface area contributed by atoms with Gasteiger partial charge in [0.15, 0.2) is 6.10 Å². The lowest BCUT2D eigenvalue weighted by atomic mass is 10.1. The maximum Gasteiger partial charge on any atom is 0.472 e. The van der Waals surface area contributed by atoms with Crippen molar-refractivity contribution in [2.24, 2.45) is 0 Å². The number of phosphoric ester groups is 1. The van der Waals surface area contributed by atoms with E-state index in [2.05, 4.69) is 130 Å². The third-order valence-corrected chi connectivity index (χ3v) is 14.1. The van der Waals surface area contributed by atoms with E-state index in [0.717, 1.165) is 141 Å². The van der Waals surface area contributed by atoms with Crippen LogP contribution in [-0.4, -0.2) is 66.5 Å². The zero-order chi connectivity index (χ0) is 58.3. The number of unbranched alkanes of at least 4 members (excludes halogenated alkanes) is 23. The monoisotopic (exact) mass is 1140 g/mol. The minimum atomic E-state index is -4.77. The number of esters is 3. The fourth-order valence-electron chi connectivity index (χ4n) is 8.39. The van der Waals surface area contributed by atoms with Crippen molar-refractivity contribution in [3.8, 4) is 0 Å². The van der Waals surface area contributed by atoms with Crippen molar-refractivity contribution in [1.29, 1.82) is 0 Å². The Labute approximate surface area is 488 Å². The highest BCUT2D eigenvalue weighted by Gasteiger charge is 2.28. The van der Waals surface area contributed by atoms with Crippen molar-refractivity contribution in [1.82, 2.24) is 0 Å². The molecule has 80 heavy (non-hydrogen) atoms. The molecule has 0 saturated heterocycles. The summed E-state index contributed by atoms with van der Waals surface area (Å²) < 4.78 is 39.6. The number of ether oxygens (including phenoxy) is 3. The van der Waals surface area contributed by atoms with Crippen molar-refractivity contribution in [2.45, 2.75) is 277 Å². The molecule has 0 amide bonds. The zero-order valence-electron chi connectivity index (χ0n) is 50.8. The molecule has 3 atom stereocenters. The summed E-state index contributed by atoms with van der Waals surface area (Å²) in [6.07, 6.45) is 74.6. The average Bonchev–Trinajstić information content (AvgIpc) is 3.45. The molecule has 0 heterocycles. The van der Waals surface area contributed by atoms with Crippen LogP contribution in [0.4, 0.5) is 0 Å². The molecule has 0 aliphatic heterocycles. The molecule has 2 N–H and O–H groups in total. The molecule has 11 nitrogen and oxygen atoms in total. The van der Waals surface area contributed by atoms with Crippen LogP contribution in [0.5, 0.6) is 0 Å². The number of phosphoric acid groups is 1. The van der Waals surface area contributed by atoms with Gasteiger partial charge in [-0.15, -0.1) is 0 Å². The van der Waals surface area contributed by atoms with Gasteiger partial charge < -0.3 is 24.2 Å². The maximum absolute atomic E-state index is 13.0. The first-order valence-corrected chi connectivity index (χ1v) is 33.3. The van der Waals surface area contributed by atoms with E-state index >= 15 is 0 Å². The number of allylic oxidation sites excluding steroid dienone is 18. The summed E-state index contributed by atoms with van der Waals surface area (Å²) in [7, 11) is -4.77. The molecule has 0 aliphatic rings. The van der Waals surface area contributed by atoms with Crippen LogP contribution in [0.1, 0.15) is 265 Å². The molecule has 3 unspecified atom stereocenters. The average molecular weight is 1140 g/mol. The van der Waals surface area contributed by atoms with E-state index in [1.54, 1.807) is 0 Å². The summed E-state index contributed by atoms with van der Waals surface area (Å²) in [4.78, 5) is 48.8. The van der Waals surface area contributed by atoms with E-state index < -0.39 is 57.8 Å². The first-order chi connectivity index (χ1) is 39.2. The predicted octanol–water partition coefficient (Wildman–Crippen LogP) is 19.4. The first-order valence-electron chi connectivity index (χ1n) is 31.8. The quantitative estimate of drug-likeness (QED) is 0.0197. The van der Waals surface area contributed by atoms with Gasteiger partial charge in [0.2, 0.25) is 0 Å². The molecule has 0 rings (SSSR count). The zero-order valence-corrected chi connectivity index (χ0v) is 51.7. The van der Waals surface area contributed by atoms with E-state index in [1.807, 2.05) is 0 Å². The second-order valence-electron chi connectivity index (χ2n) is 20.8. The second-order valence-corrected chi connectivity index (χ2v) is 22.3. The van der Waals surface area contributed by atoms with Gasteiger partial charge in [-0.05, 0) is 122 Å². The minimum Gasteiger partial charge on any atom is -0.462 e. The van der Waals surface area contributed by atoms with Crippen LogP contribution in [0.25, 0.3) is 0 Å². The lowest BCUT2D eigenvalue weighted by Gasteiger charge is -2.21. The normalized spacial score (nSPS) is 14.0. The van der Waals surface area contributed by atoms with Crippen molar-refractivity contribution in [3.05, 3.63) is 109 Å². The number of aliphatic hydroxyl groups is 1. The van der Waals surface area contributed by atoms with Gasteiger partial charge in [-0.25, -0.2) is 4.57 Å². The lowest BCUT2D eigenvalue weighted by molar-refractivity contribution is -0.161. The molecule has 0 aromatic rings. The molecular weight excluding hydrogens is 1020 g/mol. The van der Waals surface area contributed by atoms with Gasteiger partial charge in [-0.3, -0.25) is 23.4 Å². The van der Waals surface area contributed by atoms with E-state index in [1.165, 1.54) is 64.2 Å². The van der Waals surface area contributed by atoms with Crippen LogP contribution in [0, 0.1) is 0 Å². The summed E-state index contributed by atoms with van der Waals surface area (Å²) >= 11 is 0. The summed E-state index contributed by atoms with van der Waals surface area (Å²) in [6.45, 7) is 4.38. The smallest absolute Gasteiger partial charge is 0.462 e.